The van der Waals surface area contributed by atoms with E-state index in [2.05, 4.69) is 0 Å². The molecule has 130 valence electrons. The van der Waals surface area contributed by atoms with Crippen LogP contribution in [-0.2, 0) is 9.59 Å². The van der Waals surface area contributed by atoms with Crippen molar-refractivity contribution in [2.75, 3.05) is 26.2 Å². The average molecular weight is 334 g/mol. The number of likely N-dealkylation sites (tertiary alicyclic amines) is 2. The Morgan fingerprint density at radius 2 is 1.79 bits per heavy atom. The Morgan fingerprint density at radius 1 is 1.04 bits per heavy atom. The van der Waals surface area contributed by atoms with Crippen LogP contribution in [0.5, 0.6) is 0 Å². The zero-order chi connectivity index (χ0) is 17.1. The van der Waals surface area contributed by atoms with Gasteiger partial charge in [0.05, 0.1) is 12.2 Å². The Labute approximate surface area is 140 Å². The lowest BCUT2D eigenvalue weighted by Crippen LogP contribution is -2.48. The maximum Gasteiger partial charge on any atom is 0.308 e. The summed E-state index contributed by atoms with van der Waals surface area (Å²) < 4.78 is 5.13. The molecule has 7 nitrogen and oxygen atoms in total. The standard InChI is InChI=1S/C17H22N2O5/c20-15(19-7-1-3-13(11-19)17(22)23)12-5-8-18(9-6-12)16(21)14-4-2-10-24-14/h2,4,10,12-13H,1,3,5-9,11H2,(H,22,23)/t13-/m0/s1. The van der Waals surface area contributed by atoms with E-state index in [1.165, 1.54) is 6.26 Å². The fourth-order valence-electron chi connectivity index (χ4n) is 3.52. The number of hydrogen-bond donors (Lipinski definition) is 1. The first-order valence-electron chi connectivity index (χ1n) is 8.40. The van der Waals surface area contributed by atoms with E-state index in [4.69, 9.17) is 9.52 Å². The fraction of sp³-hybridized carbons (Fsp3) is 0.588. The molecule has 0 bridgehead atoms. The quantitative estimate of drug-likeness (QED) is 0.903. The van der Waals surface area contributed by atoms with Crippen molar-refractivity contribution >= 4 is 17.8 Å². The molecule has 0 radical (unpaired) electrons. The van der Waals surface area contributed by atoms with E-state index in [0.29, 0.717) is 51.2 Å². The van der Waals surface area contributed by atoms with Gasteiger partial charge in [0.1, 0.15) is 0 Å². The first kappa shape index (κ1) is 16.5. The highest BCUT2D eigenvalue weighted by atomic mass is 16.4. The lowest BCUT2D eigenvalue weighted by molar-refractivity contribution is -0.147. The van der Waals surface area contributed by atoms with Gasteiger partial charge >= 0.3 is 5.97 Å². The van der Waals surface area contributed by atoms with Crippen molar-refractivity contribution < 1.29 is 23.9 Å². The number of rotatable bonds is 3. The van der Waals surface area contributed by atoms with Crippen LogP contribution >= 0.6 is 0 Å². The predicted molar refractivity (Wildman–Crippen MR) is 84.3 cm³/mol. The topological polar surface area (TPSA) is 91.1 Å². The Kier molecular flexibility index (Phi) is 4.87. The second-order valence-corrected chi connectivity index (χ2v) is 6.51. The van der Waals surface area contributed by atoms with E-state index in [1.807, 2.05) is 0 Å². The lowest BCUT2D eigenvalue weighted by atomic mass is 9.92. The summed E-state index contributed by atoms with van der Waals surface area (Å²) >= 11 is 0. The second-order valence-electron chi connectivity index (χ2n) is 6.51. The minimum atomic E-state index is -0.827. The highest BCUT2D eigenvalue weighted by Crippen LogP contribution is 2.24. The predicted octanol–water partition coefficient (Wildman–Crippen LogP) is 1.45. The molecule has 0 aliphatic carbocycles. The normalized spacial score (nSPS) is 22.4. The molecule has 1 N–H and O–H groups in total. The van der Waals surface area contributed by atoms with Gasteiger partial charge in [0.2, 0.25) is 5.91 Å². The van der Waals surface area contributed by atoms with Gasteiger partial charge in [-0.25, -0.2) is 0 Å². The molecule has 0 unspecified atom stereocenters. The molecule has 2 fully saturated rings. The summed E-state index contributed by atoms with van der Waals surface area (Å²) in [7, 11) is 0. The minimum Gasteiger partial charge on any atom is -0.481 e. The van der Waals surface area contributed by atoms with Crippen molar-refractivity contribution in [3.8, 4) is 0 Å². The zero-order valence-corrected chi connectivity index (χ0v) is 13.5. The minimum absolute atomic E-state index is 0.0334. The SMILES string of the molecule is O=C(O)[C@H]1CCCN(C(=O)C2CCN(C(=O)c3ccco3)CC2)C1. The summed E-state index contributed by atoms with van der Waals surface area (Å²) in [6.07, 6.45) is 4.06. The summed E-state index contributed by atoms with van der Waals surface area (Å²) in [6, 6.07) is 3.32. The van der Waals surface area contributed by atoms with E-state index >= 15 is 0 Å². The molecular weight excluding hydrogens is 312 g/mol. The Morgan fingerprint density at radius 3 is 2.42 bits per heavy atom. The van der Waals surface area contributed by atoms with Gasteiger partial charge in [-0.15, -0.1) is 0 Å². The van der Waals surface area contributed by atoms with E-state index in [-0.39, 0.29) is 17.7 Å². The summed E-state index contributed by atoms with van der Waals surface area (Å²) in [4.78, 5) is 39.4. The van der Waals surface area contributed by atoms with Crippen LogP contribution in [0.15, 0.2) is 22.8 Å². The molecular formula is C17H22N2O5. The number of furan rings is 1. The number of carboxylic acid groups (broad SMARTS) is 1. The van der Waals surface area contributed by atoms with Gasteiger partial charge in [-0.05, 0) is 37.8 Å². The fourth-order valence-corrected chi connectivity index (χ4v) is 3.52. The summed E-state index contributed by atoms with van der Waals surface area (Å²) in [5, 5.41) is 9.14. The highest BCUT2D eigenvalue weighted by Gasteiger charge is 2.34. The molecule has 7 heteroatoms. The molecule has 2 amide bonds. The first-order valence-corrected chi connectivity index (χ1v) is 8.40. The van der Waals surface area contributed by atoms with Crippen LogP contribution in [-0.4, -0.2) is 58.9 Å². The van der Waals surface area contributed by atoms with Gasteiger partial charge in [0.15, 0.2) is 5.76 Å². The van der Waals surface area contributed by atoms with Gasteiger partial charge in [0.25, 0.3) is 5.91 Å². The Bertz CT molecular complexity index is 605. The van der Waals surface area contributed by atoms with Gasteiger partial charge < -0.3 is 19.3 Å². The third-order valence-corrected chi connectivity index (χ3v) is 4.95. The van der Waals surface area contributed by atoms with Crippen molar-refractivity contribution in [3.63, 3.8) is 0 Å². The van der Waals surface area contributed by atoms with E-state index in [9.17, 15) is 14.4 Å². The molecule has 24 heavy (non-hydrogen) atoms. The van der Waals surface area contributed by atoms with Crippen LogP contribution in [0.3, 0.4) is 0 Å². The molecule has 1 atom stereocenters. The van der Waals surface area contributed by atoms with Crippen molar-refractivity contribution in [1.29, 1.82) is 0 Å². The molecule has 3 rings (SSSR count). The van der Waals surface area contributed by atoms with Gasteiger partial charge in [0, 0.05) is 32.1 Å². The van der Waals surface area contributed by atoms with Crippen LogP contribution in [0, 0.1) is 11.8 Å². The molecule has 2 saturated heterocycles. The highest BCUT2D eigenvalue weighted by molar-refractivity contribution is 5.91. The van der Waals surface area contributed by atoms with Gasteiger partial charge in [-0.2, -0.15) is 0 Å². The van der Waals surface area contributed by atoms with Crippen LogP contribution in [0.2, 0.25) is 0 Å². The summed E-state index contributed by atoms with van der Waals surface area (Å²) in [6.45, 7) is 1.98. The third kappa shape index (κ3) is 3.44. The van der Waals surface area contributed by atoms with Crippen molar-refractivity contribution in [2.45, 2.75) is 25.7 Å². The van der Waals surface area contributed by atoms with Crippen molar-refractivity contribution in [1.82, 2.24) is 9.80 Å². The van der Waals surface area contributed by atoms with E-state index in [1.54, 1.807) is 21.9 Å². The zero-order valence-electron chi connectivity index (χ0n) is 13.5. The maximum atomic E-state index is 12.6. The average Bonchev–Trinajstić information content (AvgIpc) is 3.15. The first-order chi connectivity index (χ1) is 11.6. The monoisotopic (exact) mass is 334 g/mol. The number of hydrogen-bond acceptors (Lipinski definition) is 4. The second kappa shape index (κ2) is 7.07. The number of piperidine rings is 2. The number of carboxylic acids is 1. The number of amides is 2. The van der Waals surface area contributed by atoms with Gasteiger partial charge in [-0.1, -0.05) is 0 Å². The van der Waals surface area contributed by atoms with Crippen molar-refractivity contribution in [2.24, 2.45) is 11.8 Å². The molecule has 1 aromatic heterocycles. The number of nitrogens with zero attached hydrogens (tertiary/aromatic N) is 2. The van der Waals surface area contributed by atoms with E-state index in [0.717, 1.165) is 6.42 Å². The molecule has 2 aliphatic rings. The number of carbonyl (C=O) groups excluding carboxylic acids is 2. The molecule has 2 aliphatic heterocycles. The molecule has 0 spiro atoms. The smallest absolute Gasteiger partial charge is 0.308 e. The third-order valence-electron chi connectivity index (χ3n) is 4.95. The lowest BCUT2D eigenvalue weighted by Gasteiger charge is -2.36. The Balaban J connectivity index is 1.53. The van der Waals surface area contributed by atoms with E-state index < -0.39 is 11.9 Å². The van der Waals surface area contributed by atoms with Crippen LogP contribution in [0.1, 0.15) is 36.2 Å². The number of carbonyl (C=O) groups is 3. The van der Waals surface area contributed by atoms with Gasteiger partial charge in [-0.3, -0.25) is 14.4 Å². The maximum absolute atomic E-state index is 12.6. The molecule has 0 aromatic carbocycles. The summed E-state index contributed by atoms with van der Waals surface area (Å²) in [5.41, 5.74) is 0. The number of aliphatic carboxylic acids is 1. The Hall–Kier alpha value is -2.31. The molecule has 3 heterocycles. The van der Waals surface area contributed by atoms with Crippen molar-refractivity contribution in [3.05, 3.63) is 24.2 Å². The van der Waals surface area contributed by atoms with Crippen LogP contribution in [0.4, 0.5) is 0 Å². The molecule has 1 aromatic rings. The van der Waals surface area contributed by atoms with Crippen LogP contribution in [0.25, 0.3) is 0 Å². The van der Waals surface area contributed by atoms with Crippen LogP contribution < -0.4 is 0 Å². The molecule has 0 saturated carbocycles. The largest absolute Gasteiger partial charge is 0.481 e. The summed E-state index contributed by atoms with van der Waals surface area (Å²) in [5.74, 6) is -1.20.